The van der Waals surface area contributed by atoms with Crippen LogP contribution in [0.3, 0.4) is 0 Å². The van der Waals surface area contributed by atoms with E-state index in [1.165, 1.54) is 0 Å². The van der Waals surface area contributed by atoms with Crippen LogP contribution in [0.2, 0.25) is 0 Å². The highest BCUT2D eigenvalue weighted by molar-refractivity contribution is 5.94. The van der Waals surface area contributed by atoms with Crippen LogP contribution in [0.25, 0.3) is 0 Å². The molecule has 2 heterocycles. The maximum absolute atomic E-state index is 12.1. The number of carbonyl (C=O) groups is 2. The molecule has 124 valence electrons. The van der Waals surface area contributed by atoms with E-state index in [-0.39, 0.29) is 29.8 Å². The van der Waals surface area contributed by atoms with Crippen LogP contribution in [0.4, 0.5) is 0 Å². The molecular formula is C17H23N3O3. The zero-order valence-electron chi connectivity index (χ0n) is 13.2. The van der Waals surface area contributed by atoms with Gasteiger partial charge in [0, 0.05) is 31.1 Å². The van der Waals surface area contributed by atoms with Crippen LogP contribution in [0.1, 0.15) is 42.5 Å². The molecule has 6 nitrogen and oxygen atoms in total. The minimum absolute atomic E-state index is 0.0120. The van der Waals surface area contributed by atoms with E-state index in [1.807, 2.05) is 0 Å². The molecular weight excluding hydrogens is 294 g/mol. The summed E-state index contributed by atoms with van der Waals surface area (Å²) in [5.74, 6) is 0.0528. The minimum Gasteiger partial charge on any atom is -0.381 e. The molecule has 1 saturated carbocycles. The fourth-order valence-corrected chi connectivity index (χ4v) is 3.21. The smallest absolute Gasteiger partial charge is 0.253 e. The number of hydrogen-bond acceptors (Lipinski definition) is 4. The van der Waals surface area contributed by atoms with E-state index in [9.17, 15) is 9.59 Å². The summed E-state index contributed by atoms with van der Waals surface area (Å²) in [7, 11) is 0. The Morgan fingerprint density at radius 1 is 1.09 bits per heavy atom. The van der Waals surface area contributed by atoms with Gasteiger partial charge in [0.05, 0.1) is 18.1 Å². The van der Waals surface area contributed by atoms with Crippen molar-refractivity contribution >= 4 is 11.8 Å². The normalized spacial score (nSPS) is 27.4. The second kappa shape index (κ2) is 7.55. The predicted octanol–water partition coefficient (Wildman–Crippen LogP) is 1.28. The van der Waals surface area contributed by atoms with E-state index in [0.717, 1.165) is 32.1 Å². The highest BCUT2D eigenvalue weighted by atomic mass is 16.5. The van der Waals surface area contributed by atoms with Crippen molar-refractivity contribution in [1.82, 2.24) is 15.6 Å². The van der Waals surface area contributed by atoms with E-state index in [2.05, 4.69) is 15.6 Å². The lowest BCUT2D eigenvalue weighted by Crippen LogP contribution is -2.45. The van der Waals surface area contributed by atoms with Crippen molar-refractivity contribution in [2.75, 3.05) is 13.2 Å². The fraction of sp³-hybridized carbons (Fsp3) is 0.588. The summed E-state index contributed by atoms with van der Waals surface area (Å²) in [6, 6.07) is 3.91. The quantitative estimate of drug-likeness (QED) is 0.876. The summed E-state index contributed by atoms with van der Waals surface area (Å²) in [5.41, 5.74) is 0.587. The number of aromatic nitrogens is 1. The van der Waals surface area contributed by atoms with Crippen molar-refractivity contribution in [1.29, 1.82) is 0 Å². The van der Waals surface area contributed by atoms with E-state index >= 15 is 0 Å². The average molecular weight is 317 g/mol. The molecule has 0 spiro atoms. The molecule has 2 N–H and O–H groups in total. The molecule has 2 amide bonds. The van der Waals surface area contributed by atoms with Gasteiger partial charge >= 0.3 is 0 Å². The van der Waals surface area contributed by atoms with Gasteiger partial charge in [-0.2, -0.15) is 0 Å². The van der Waals surface area contributed by atoms with Crippen molar-refractivity contribution in [2.24, 2.45) is 5.92 Å². The van der Waals surface area contributed by atoms with E-state index in [4.69, 9.17) is 4.74 Å². The summed E-state index contributed by atoms with van der Waals surface area (Å²) in [5, 5.41) is 6.18. The zero-order valence-corrected chi connectivity index (χ0v) is 13.2. The molecule has 23 heavy (non-hydrogen) atoms. The second-order valence-corrected chi connectivity index (χ2v) is 6.33. The molecule has 6 heteroatoms. The lowest BCUT2D eigenvalue weighted by atomic mass is 9.90. The Kier molecular flexibility index (Phi) is 5.23. The van der Waals surface area contributed by atoms with E-state index < -0.39 is 0 Å². The van der Waals surface area contributed by atoms with Gasteiger partial charge in [0.15, 0.2) is 0 Å². The Hall–Kier alpha value is -1.95. The first-order valence-corrected chi connectivity index (χ1v) is 8.31. The third kappa shape index (κ3) is 4.28. The topological polar surface area (TPSA) is 80.3 Å². The Morgan fingerprint density at radius 2 is 1.83 bits per heavy atom. The summed E-state index contributed by atoms with van der Waals surface area (Å²) in [6.45, 7) is 1.23. The summed E-state index contributed by atoms with van der Waals surface area (Å²) < 4.78 is 5.26. The molecule has 0 aromatic carbocycles. The zero-order chi connectivity index (χ0) is 16.1. The van der Waals surface area contributed by atoms with Crippen LogP contribution in [-0.4, -0.2) is 42.1 Å². The van der Waals surface area contributed by atoms with Gasteiger partial charge in [0.1, 0.15) is 0 Å². The van der Waals surface area contributed by atoms with Crippen molar-refractivity contribution in [3.63, 3.8) is 0 Å². The number of nitrogens with zero attached hydrogens (tertiary/aromatic N) is 1. The molecule has 0 bridgehead atoms. The maximum Gasteiger partial charge on any atom is 0.253 e. The Labute approximate surface area is 136 Å². The van der Waals surface area contributed by atoms with E-state index in [0.29, 0.717) is 18.8 Å². The third-order valence-corrected chi connectivity index (χ3v) is 4.63. The number of rotatable bonds is 4. The van der Waals surface area contributed by atoms with Crippen LogP contribution < -0.4 is 10.6 Å². The molecule has 0 unspecified atom stereocenters. The van der Waals surface area contributed by atoms with Gasteiger partial charge in [0.2, 0.25) is 5.91 Å². The van der Waals surface area contributed by atoms with Crippen LogP contribution in [0.15, 0.2) is 24.5 Å². The molecule has 0 radical (unpaired) electrons. The average Bonchev–Trinajstić information content (AvgIpc) is 3.12. The molecule has 1 saturated heterocycles. The molecule has 1 atom stereocenters. The Bertz CT molecular complexity index is 535. The predicted molar refractivity (Wildman–Crippen MR) is 84.8 cm³/mol. The highest BCUT2D eigenvalue weighted by Crippen LogP contribution is 2.20. The minimum atomic E-state index is -0.0753. The number of hydrogen-bond donors (Lipinski definition) is 2. The van der Waals surface area contributed by atoms with Gasteiger partial charge in [0.25, 0.3) is 5.91 Å². The monoisotopic (exact) mass is 317 g/mol. The molecule has 1 aromatic heterocycles. The number of pyridine rings is 1. The van der Waals surface area contributed by atoms with Crippen molar-refractivity contribution in [3.05, 3.63) is 30.1 Å². The Balaban J connectivity index is 1.41. The lowest BCUT2D eigenvalue weighted by molar-refractivity contribution is -0.125. The van der Waals surface area contributed by atoms with Crippen LogP contribution in [0, 0.1) is 5.92 Å². The van der Waals surface area contributed by atoms with Gasteiger partial charge in [-0.1, -0.05) is 0 Å². The SMILES string of the molecule is O=C(NC1CCC(NC(=O)[C@H]2CCOC2)CC1)c1cccnc1. The van der Waals surface area contributed by atoms with Crippen LogP contribution in [-0.2, 0) is 9.53 Å². The Morgan fingerprint density at radius 3 is 2.43 bits per heavy atom. The molecule has 1 aliphatic carbocycles. The number of ether oxygens (including phenoxy) is 1. The maximum atomic E-state index is 12.1. The number of carbonyl (C=O) groups excluding carboxylic acids is 2. The fourth-order valence-electron chi connectivity index (χ4n) is 3.21. The first-order chi connectivity index (χ1) is 11.2. The highest BCUT2D eigenvalue weighted by Gasteiger charge is 2.28. The van der Waals surface area contributed by atoms with Crippen molar-refractivity contribution in [2.45, 2.75) is 44.2 Å². The molecule has 1 aliphatic heterocycles. The van der Waals surface area contributed by atoms with Gasteiger partial charge in [-0.05, 0) is 44.2 Å². The molecule has 3 rings (SSSR count). The van der Waals surface area contributed by atoms with Crippen LogP contribution in [0.5, 0.6) is 0 Å². The number of amides is 2. The summed E-state index contributed by atoms with van der Waals surface area (Å²) >= 11 is 0. The standard InChI is InChI=1S/C17H23N3O3/c21-16(12-2-1-8-18-10-12)19-14-3-5-15(6-4-14)20-17(22)13-7-9-23-11-13/h1-2,8,10,13-15H,3-7,9,11H2,(H,19,21)(H,20,22)/t13-,14?,15?/m0/s1. The molecule has 1 aromatic rings. The van der Waals surface area contributed by atoms with Crippen LogP contribution >= 0.6 is 0 Å². The third-order valence-electron chi connectivity index (χ3n) is 4.63. The second-order valence-electron chi connectivity index (χ2n) is 6.33. The number of nitrogens with one attached hydrogen (secondary N) is 2. The first kappa shape index (κ1) is 15.9. The van der Waals surface area contributed by atoms with E-state index in [1.54, 1.807) is 24.5 Å². The molecule has 2 fully saturated rings. The largest absolute Gasteiger partial charge is 0.381 e. The van der Waals surface area contributed by atoms with Gasteiger partial charge in [-0.15, -0.1) is 0 Å². The van der Waals surface area contributed by atoms with Crippen molar-refractivity contribution < 1.29 is 14.3 Å². The first-order valence-electron chi connectivity index (χ1n) is 8.31. The molecule has 2 aliphatic rings. The van der Waals surface area contributed by atoms with Crippen molar-refractivity contribution in [3.8, 4) is 0 Å². The summed E-state index contributed by atoms with van der Waals surface area (Å²) in [6.07, 6.45) is 7.62. The lowest BCUT2D eigenvalue weighted by Gasteiger charge is -2.30. The summed E-state index contributed by atoms with van der Waals surface area (Å²) in [4.78, 5) is 28.2. The van der Waals surface area contributed by atoms with Gasteiger partial charge < -0.3 is 15.4 Å². The van der Waals surface area contributed by atoms with Gasteiger partial charge in [-0.3, -0.25) is 14.6 Å². The van der Waals surface area contributed by atoms with Gasteiger partial charge in [-0.25, -0.2) is 0 Å².